The van der Waals surface area contributed by atoms with Crippen LogP contribution in [0.4, 0.5) is 0 Å². The highest BCUT2D eigenvalue weighted by Crippen LogP contribution is 2.16. The van der Waals surface area contributed by atoms with Gasteiger partial charge < -0.3 is 10.1 Å². The van der Waals surface area contributed by atoms with Gasteiger partial charge in [0, 0.05) is 0 Å². The number of carbonyl (C=O) groups excluding carboxylic acids is 2. The van der Waals surface area contributed by atoms with Crippen molar-refractivity contribution < 1.29 is 22.7 Å². The van der Waals surface area contributed by atoms with Crippen LogP contribution in [-0.2, 0) is 24.3 Å². The third kappa shape index (κ3) is 4.63. The number of amides is 1. The summed E-state index contributed by atoms with van der Waals surface area (Å²) in [6, 6.07) is 10.6. The van der Waals surface area contributed by atoms with Crippen molar-refractivity contribution in [1.29, 1.82) is 0 Å². The molecule has 7 nitrogen and oxygen atoms in total. The van der Waals surface area contributed by atoms with Gasteiger partial charge >= 0.3 is 5.97 Å². The number of hydrogen-bond acceptors (Lipinski definition) is 6. The second-order valence-corrected chi connectivity index (χ2v) is 7.63. The molecule has 24 heavy (non-hydrogen) atoms. The molecule has 0 fully saturated rings. The van der Waals surface area contributed by atoms with Crippen LogP contribution in [0.1, 0.15) is 11.6 Å². The fourth-order valence-corrected chi connectivity index (χ4v) is 3.92. The van der Waals surface area contributed by atoms with E-state index < -0.39 is 34.5 Å². The van der Waals surface area contributed by atoms with Crippen LogP contribution in [0.5, 0.6) is 0 Å². The van der Waals surface area contributed by atoms with Gasteiger partial charge in [-0.05, 0) is 17.0 Å². The first-order valence-corrected chi connectivity index (χ1v) is 9.25. The van der Waals surface area contributed by atoms with Gasteiger partial charge in [0.2, 0.25) is 5.91 Å². The van der Waals surface area contributed by atoms with Gasteiger partial charge in [-0.1, -0.05) is 36.4 Å². The summed E-state index contributed by atoms with van der Waals surface area (Å²) < 4.78 is 30.9. The lowest BCUT2D eigenvalue weighted by molar-refractivity contribution is -0.145. The minimum atomic E-state index is -3.75. The molecule has 0 radical (unpaired) electrons. The molecule has 1 heterocycles. The summed E-state index contributed by atoms with van der Waals surface area (Å²) in [7, 11) is -2.53. The van der Waals surface area contributed by atoms with Crippen molar-refractivity contribution in [2.24, 2.45) is 0 Å². The lowest BCUT2D eigenvalue weighted by Gasteiger charge is -2.17. The monoisotopic (exact) mass is 368 g/mol. The molecule has 1 aromatic carbocycles. The van der Waals surface area contributed by atoms with E-state index in [0.717, 1.165) is 11.3 Å². The first-order chi connectivity index (χ1) is 11.4. The van der Waals surface area contributed by atoms with Gasteiger partial charge in [-0.3, -0.25) is 4.79 Å². The van der Waals surface area contributed by atoms with Gasteiger partial charge in [0.1, 0.15) is 4.21 Å². The standard InChI is InChI=1S/C15H16N2O5S2/c1-22-15(19)14(11-6-3-2-4-7-11)17-12(18)10-16-24(20,21)13-8-5-9-23-13/h2-9,14,16H,10H2,1H3,(H,17,18). The number of esters is 1. The molecule has 1 atom stereocenters. The van der Waals surface area contributed by atoms with E-state index in [-0.39, 0.29) is 4.21 Å². The quantitative estimate of drug-likeness (QED) is 0.712. The average molecular weight is 368 g/mol. The van der Waals surface area contributed by atoms with Crippen LogP contribution in [-0.4, -0.2) is 33.9 Å². The Balaban J connectivity index is 2.02. The zero-order valence-corrected chi connectivity index (χ0v) is 14.4. The molecule has 0 saturated heterocycles. The fourth-order valence-electron chi connectivity index (χ4n) is 1.90. The minimum absolute atomic E-state index is 0.114. The first-order valence-electron chi connectivity index (χ1n) is 6.89. The maximum atomic E-state index is 12.0. The molecule has 0 aliphatic heterocycles. The summed E-state index contributed by atoms with van der Waals surface area (Å²) in [4.78, 5) is 23.9. The van der Waals surface area contributed by atoms with Gasteiger partial charge in [0.05, 0.1) is 13.7 Å². The van der Waals surface area contributed by atoms with Crippen LogP contribution in [0.15, 0.2) is 52.1 Å². The third-order valence-electron chi connectivity index (χ3n) is 3.06. The number of nitrogens with one attached hydrogen (secondary N) is 2. The number of methoxy groups -OCH3 is 1. The van der Waals surface area contributed by atoms with Gasteiger partial charge in [0.15, 0.2) is 6.04 Å². The van der Waals surface area contributed by atoms with Gasteiger partial charge in [-0.2, -0.15) is 0 Å². The molecule has 2 aromatic rings. The van der Waals surface area contributed by atoms with E-state index >= 15 is 0 Å². The smallest absolute Gasteiger partial charge is 0.333 e. The highest BCUT2D eigenvalue weighted by Gasteiger charge is 2.24. The maximum absolute atomic E-state index is 12.0. The summed E-state index contributed by atoms with van der Waals surface area (Å²) in [6.45, 7) is -0.486. The molecule has 2 rings (SSSR count). The normalized spacial score (nSPS) is 12.4. The van der Waals surface area contributed by atoms with E-state index in [0.29, 0.717) is 5.56 Å². The minimum Gasteiger partial charge on any atom is -0.467 e. The van der Waals surface area contributed by atoms with Crippen molar-refractivity contribution >= 4 is 33.2 Å². The number of carbonyl (C=O) groups is 2. The van der Waals surface area contributed by atoms with Crippen LogP contribution in [0.2, 0.25) is 0 Å². The molecular weight excluding hydrogens is 352 g/mol. The number of hydrogen-bond donors (Lipinski definition) is 2. The van der Waals surface area contributed by atoms with Crippen molar-refractivity contribution in [3.8, 4) is 0 Å². The SMILES string of the molecule is COC(=O)C(NC(=O)CNS(=O)(=O)c1cccs1)c1ccccc1. The molecule has 1 amide bonds. The molecule has 0 aliphatic rings. The zero-order chi connectivity index (χ0) is 17.6. The van der Waals surface area contributed by atoms with E-state index in [1.54, 1.807) is 41.8 Å². The van der Waals surface area contributed by atoms with Crippen LogP contribution in [0.3, 0.4) is 0 Å². The highest BCUT2D eigenvalue weighted by atomic mass is 32.2. The Hall–Kier alpha value is -2.23. The molecule has 0 saturated carbocycles. The van der Waals surface area contributed by atoms with Crippen molar-refractivity contribution in [3.05, 3.63) is 53.4 Å². The van der Waals surface area contributed by atoms with E-state index in [4.69, 9.17) is 0 Å². The predicted molar refractivity (Wildman–Crippen MR) is 88.8 cm³/mol. The second kappa shape index (κ2) is 8.04. The van der Waals surface area contributed by atoms with Gasteiger partial charge in [0.25, 0.3) is 10.0 Å². The zero-order valence-electron chi connectivity index (χ0n) is 12.8. The lowest BCUT2D eigenvalue weighted by atomic mass is 10.1. The Labute approximate surface area is 143 Å². The predicted octanol–water partition coefficient (Wildman–Crippen LogP) is 1.06. The van der Waals surface area contributed by atoms with Crippen molar-refractivity contribution in [1.82, 2.24) is 10.0 Å². The molecule has 0 bridgehead atoms. The molecular formula is C15H16N2O5S2. The molecule has 9 heteroatoms. The molecule has 128 valence electrons. The van der Waals surface area contributed by atoms with Gasteiger partial charge in [-0.15, -0.1) is 11.3 Å². The Morgan fingerprint density at radius 3 is 2.46 bits per heavy atom. The molecule has 0 spiro atoms. The number of benzene rings is 1. The number of sulfonamides is 1. The Bertz CT molecular complexity index is 789. The number of rotatable bonds is 7. The number of ether oxygens (including phenoxy) is 1. The average Bonchev–Trinajstić information content (AvgIpc) is 3.13. The summed E-state index contributed by atoms with van der Waals surface area (Å²) in [5, 5.41) is 4.09. The molecule has 1 unspecified atom stereocenters. The summed E-state index contributed by atoms with van der Waals surface area (Å²) in [5.74, 6) is -1.29. The topological polar surface area (TPSA) is 102 Å². The van der Waals surface area contributed by atoms with Crippen LogP contribution < -0.4 is 10.0 Å². The third-order valence-corrected chi connectivity index (χ3v) is 5.86. The molecule has 1 aromatic heterocycles. The van der Waals surface area contributed by atoms with Crippen molar-refractivity contribution in [2.45, 2.75) is 10.3 Å². The molecule has 0 aliphatic carbocycles. The number of thiophene rings is 1. The Kier molecular flexibility index (Phi) is 6.07. The van der Waals surface area contributed by atoms with E-state index in [1.807, 2.05) is 0 Å². The highest BCUT2D eigenvalue weighted by molar-refractivity contribution is 7.91. The maximum Gasteiger partial charge on any atom is 0.333 e. The van der Waals surface area contributed by atoms with Crippen LogP contribution in [0, 0.1) is 0 Å². The second-order valence-electron chi connectivity index (χ2n) is 4.69. The lowest BCUT2D eigenvalue weighted by Crippen LogP contribution is -2.41. The Morgan fingerprint density at radius 2 is 1.88 bits per heavy atom. The Morgan fingerprint density at radius 1 is 1.17 bits per heavy atom. The van der Waals surface area contributed by atoms with Crippen LogP contribution in [0.25, 0.3) is 0 Å². The van der Waals surface area contributed by atoms with E-state index in [9.17, 15) is 18.0 Å². The van der Waals surface area contributed by atoms with Crippen molar-refractivity contribution in [2.75, 3.05) is 13.7 Å². The summed E-state index contributed by atoms with van der Waals surface area (Å²) in [5.41, 5.74) is 0.541. The van der Waals surface area contributed by atoms with Crippen LogP contribution >= 0.6 is 11.3 Å². The van der Waals surface area contributed by atoms with E-state index in [1.165, 1.54) is 13.2 Å². The summed E-state index contributed by atoms with van der Waals surface area (Å²) in [6.07, 6.45) is 0. The first kappa shape index (κ1) is 18.1. The summed E-state index contributed by atoms with van der Waals surface area (Å²) >= 11 is 1.04. The van der Waals surface area contributed by atoms with Crippen molar-refractivity contribution in [3.63, 3.8) is 0 Å². The molecule has 2 N–H and O–H groups in total. The van der Waals surface area contributed by atoms with E-state index in [2.05, 4.69) is 14.8 Å². The largest absolute Gasteiger partial charge is 0.467 e. The van der Waals surface area contributed by atoms with Gasteiger partial charge in [-0.25, -0.2) is 17.9 Å². The fraction of sp³-hybridized carbons (Fsp3) is 0.200.